The highest BCUT2D eigenvalue weighted by atomic mass is 16.5. The van der Waals surface area contributed by atoms with Crippen LogP contribution in [-0.4, -0.2) is 29.0 Å². The van der Waals surface area contributed by atoms with Gasteiger partial charge in [-0.2, -0.15) is 0 Å². The number of hydrogen-bond acceptors (Lipinski definition) is 3. The van der Waals surface area contributed by atoms with Gasteiger partial charge in [-0.3, -0.25) is 9.69 Å². The van der Waals surface area contributed by atoms with Gasteiger partial charge in [0.15, 0.2) is 0 Å². The Kier molecular flexibility index (Phi) is 6.20. The van der Waals surface area contributed by atoms with Gasteiger partial charge >= 0.3 is 5.97 Å². The van der Waals surface area contributed by atoms with E-state index in [0.29, 0.717) is 6.61 Å². The van der Waals surface area contributed by atoms with Gasteiger partial charge < -0.3 is 4.74 Å². The molecule has 1 aliphatic rings. The Labute approximate surface area is 198 Å². The normalized spacial score (nSPS) is 19.4. The van der Waals surface area contributed by atoms with Crippen molar-refractivity contribution in [3.05, 3.63) is 83.9 Å². The molecule has 1 saturated heterocycles. The standard InChI is InChI=1S/C30H35NO2/c1-21-7-11-23(12-8-21)25-15-17-26(18-16-25)24-13-9-22(10-14-24)20-33-28(32)27-19-29(2,3)31(6)30(27,4)5/h7-18,27H,19-20H2,1-6H3. The first-order chi connectivity index (χ1) is 15.6. The predicted octanol–water partition coefficient (Wildman–Crippen LogP) is 6.88. The summed E-state index contributed by atoms with van der Waals surface area (Å²) in [5, 5.41) is 0. The second-order valence-corrected chi connectivity index (χ2v) is 10.5. The molecule has 1 atom stereocenters. The molecule has 0 amide bonds. The summed E-state index contributed by atoms with van der Waals surface area (Å²) in [6, 6.07) is 25.5. The fraction of sp³-hybridized carbons (Fsp3) is 0.367. The van der Waals surface area contributed by atoms with Gasteiger partial charge in [0.1, 0.15) is 6.61 Å². The molecule has 0 aromatic heterocycles. The zero-order chi connectivity index (χ0) is 23.8. The van der Waals surface area contributed by atoms with Crippen LogP contribution in [0, 0.1) is 12.8 Å². The van der Waals surface area contributed by atoms with Crippen molar-refractivity contribution in [2.75, 3.05) is 7.05 Å². The Hall–Kier alpha value is -2.91. The number of rotatable bonds is 5. The van der Waals surface area contributed by atoms with Crippen LogP contribution in [0.2, 0.25) is 0 Å². The molecule has 0 spiro atoms. The van der Waals surface area contributed by atoms with E-state index in [4.69, 9.17) is 4.74 Å². The third-order valence-electron chi connectivity index (χ3n) is 7.55. The number of esters is 1. The van der Waals surface area contributed by atoms with Gasteiger partial charge in [-0.1, -0.05) is 78.4 Å². The SMILES string of the molecule is Cc1ccc(-c2ccc(-c3ccc(COC(=O)C4CC(C)(C)N(C)C4(C)C)cc3)cc2)cc1. The molecule has 3 aromatic carbocycles. The Morgan fingerprint density at radius 1 is 0.818 bits per heavy atom. The monoisotopic (exact) mass is 441 g/mol. The van der Waals surface area contributed by atoms with Crippen molar-refractivity contribution in [1.82, 2.24) is 4.90 Å². The van der Waals surface area contributed by atoms with Crippen molar-refractivity contribution in [3.63, 3.8) is 0 Å². The Bertz CT molecular complexity index is 1110. The third kappa shape index (κ3) is 4.74. The van der Waals surface area contributed by atoms with Gasteiger partial charge in [0.25, 0.3) is 0 Å². The largest absolute Gasteiger partial charge is 0.461 e. The first-order valence-corrected chi connectivity index (χ1v) is 11.7. The molecular weight excluding hydrogens is 406 g/mol. The average Bonchev–Trinajstić information content (AvgIpc) is 2.97. The lowest BCUT2D eigenvalue weighted by atomic mass is 9.87. The quantitative estimate of drug-likeness (QED) is 0.404. The van der Waals surface area contributed by atoms with Crippen LogP contribution >= 0.6 is 0 Å². The van der Waals surface area contributed by atoms with Gasteiger partial charge in [0.05, 0.1) is 5.92 Å². The van der Waals surface area contributed by atoms with E-state index in [9.17, 15) is 4.79 Å². The summed E-state index contributed by atoms with van der Waals surface area (Å²) in [5.74, 6) is -0.225. The van der Waals surface area contributed by atoms with Crippen LogP contribution < -0.4 is 0 Å². The van der Waals surface area contributed by atoms with Crippen molar-refractivity contribution < 1.29 is 9.53 Å². The highest BCUT2D eigenvalue weighted by Crippen LogP contribution is 2.44. The number of benzene rings is 3. The topological polar surface area (TPSA) is 29.5 Å². The molecule has 33 heavy (non-hydrogen) atoms. The number of carbonyl (C=O) groups excluding carboxylic acids is 1. The molecule has 3 heteroatoms. The molecule has 1 unspecified atom stereocenters. The van der Waals surface area contributed by atoms with Gasteiger partial charge in [0.2, 0.25) is 0 Å². The molecule has 4 rings (SSSR count). The summed E-state index contributed by atoms with van der Waals surface area (Å²) in [5.41, 5.74) is 6.82. The second kappa shape index (κ2) is 8.79. The van der Waals surface area contributed by atoms with E-state index in [-0.39, 0.29) is 23.0 Å². The maximum atomic E-state index is 12.9. The fourth-order valence-electron chi connectivity index (χ4n) is 4.92. The van der Waals surface area contributed by atoms with E-state index in [1.165, 1.54) is 22.3 Å². The number of nitrogens with zero attached hydrogens (tertiary/aromatic N) is 1. The number of likely N-dealkylation sites (tertiary alicyclic amines) is 1. The van der Waals surface area contributed by atoms with Crippen LogP contribution in [-0.2, 0) is 16.1 Å². The molecule has 1 aliphatic heterocycles. The van der Waals surface area contributed by atoms with E-state index in [0.717, 1.165) is 17.5 Å². The summed E-state index contributed by atoms with van der Waals surface area (Å²) in [6.45, 7) is 11.1. The van der Waals surface area contributed by atoms with Crippen LogP contribution in [0.15, 0.2) is 72.8 Å². The minimum atomic E-state index is -0.213. The zero-order valence-corrected chi connectivity index (χ0v) is 20.7. The first-order valence-electron chi connectivity index (χ1n) is 11.7. The van der Waals surface area contributed by atoms with E-state index in [2.05, 4.69) is 107 Å². The van der Waals surface area contributed by atoms with Gasteiger partial charge in [-0.25, -0.2) is 0 Å². The lowest BCUT2D eigenvalue weighted by molar-refractivity contribution is -0.152. The van der Waals surface area contributed by atoms with Crippen molar-refractivity contribution in [2.45, 2.75) is 58.7 Å². The summed E-state index contributed by atoms with van der Waals surface area (Å²) >= 11 is 0. The molecule has 1 fully saturated rings. The predicted molar refractivity (Wildman–Crippen MR) is 136 cm³/mol. The molecule has 3 aromatic rings. The third-order valence-corrected chi connectivity index (χ3v) is 7.55. The zero-order valence-electron chi connectivity index (χ0n) is 20.7. The maximum Gasteiger partial charge on any atom is 0.311 e. The number of hydrogen-bond donors (Lipinski definition) is 0. The van der Waals surface area contributed by atoms with E-state index < -0.39 is 0 Å². The van der Waals surface area contributed by atoms with E-state index >= 15 is 0 Å². The van der Waals surface area contributed by atoms with Crippen LogP contribution in [0.4, 0.5) is 0 Å². The molecular formula is C30H35NO2. The molecule has 0 saturated carbocycles. The van der Waals surface area contributed by atoms with Crippen LogP contribution in [0.25, 0.3) is 22.3 Å². The number of ether oxygens (including phenoxy) is 1. The van der Waals surface area contributed by atoms with Crippen molar-refractivity contribution in [2.24, 2.45) is 5.92 Å². The average molecular weight is 442 g/mol. The van der Waals surface area contributed by atoms with Crippen molar-refractivity contribution in [1.29, 1.82) is 0 Å². The molecule has 0 bridgehead atoms. The smallest absolute Gasteiger partial charge is 0.311 e. The summed E-state index contributed by atoms with van der Waals surface area (Å²) in [4.78, 5) is 15.2. The highest BCUT2D eigenvalue weighted by Gasteiger charge is 2.52. The first kappa shape index (κ1) is 23.3. The summed E-state index contributed by atoms with van der Waals surface area (Å²) < 4.78 is 5.74. The number of aryl methyl sites for hydroxylation is 1. The minimum absolute atomic E-state index is 0.0101. The maximum absolute atomic E-state index is 12.9. The van der Waals surface area contributed by atoms with Gasteiger partial charge in [0, 0.05) is 11.1 Å². The Morgan fingerprint density at radius 2 is 1.24 bits per heavy atom. The number of carbonyl (C=O) groups is 1. The van der Waals surface area contributed by atoms with Gasteiger partial charge in [-0.05, 0) is 75.9 Å². The fourth-order valence-corrected chi connectivity index (χ4v) is 4.92. The Morgan fingerprint density at radius 3 is 1.67 bits per heavy atom. The van der Waals surface area contributed by atoms with Gasteiger partial charge in [-0.15, -0.1) is 0 Å². The van der Waals surface area contributed by atoms with Crippen LogP contribution in [0.5, 0.6) is 0 Å². The van der Waals surface area contributed by atoms with Crippen LogP contribution in [0.3, 0.4) is 0 Å². The Balaban J connectivity index is 1.39. The molecule has 1 heterocycles. The van der Waals surface area contributed by atoms with Crippen molar-refractivity contribution in [3.8, 4) is 22.3 Å². The summed E-state index contributed by atoms with van der Waals surface area (Å²) in [6.07, 6.45) is 0.812. The lowest BCUT2D eigenvalue weighted by Gasteiger charge is -2.37. The highest BCUT2D eigenvalue weighted by molar-refractivity contribution is 5.75. The minimum Gasteiger partial charge on any atom is -0.461 e. The molecule has 0 N–H and O–H groups in total. The second-order valence-electron chi connectivity index (χ2n) is 10.5. The summed E-state index contributed by atoms with van der Waals surface area (Å²) in [7, 11) is 2.10. The van der Waals surface area contributed by atoms with Crippen molar-refractivity contribution >= 4 is 5.97 Å². The van der Waals surface area contributed by atoms with E-state index in [1.54, 1.807) is 0 Å². The molecule has 172 valence electrons. The molecule has 3 nitrogen and oxygen atoms in total. The van der Waals surface area contributed by atoms with Crippen LogP contribution in [0.1, 0.15) is 45.2 Å². The van der Waals surface area contributed by atoms with E-state index in [1.807, 2.05) is 12.1 Å². The lowest BCUT2D eigenvalue weighted by Crippen LogP contribution is -2.48. The molecule has 0 radical (unpaired) electrons. The molecule has 0 aliphatic carbocycles.